The van der Waals surface area contributed by atoms with Crippen LogP contribution in [0.2, 0.25) is 0 Å². The molecule has 0 saturated carbocycles. The molecule has 0 aromatic heterocycles. The van der Waals surface area contributed by atoms with E-state index in [1.807, 2.05) is 18.2 Å². The van der Waals surface area contributed by atoms with Crippen LogP contribution in [0.15, 0.2) is 33.4 Å². The van der Waals surface area contributed by atoms with Crippen molar-refractivity contribution in [2.75, 3.05) is 0 Å². The minimum atomic E-state index is 0.779. The molecule has 62 valence electrons. The topological polar surface area (TPSA) is 9.23 Å². The molecule has 0 radical (unpaired) electrons. The summed E-state index contributed by atoms with van der Waals surface area (Å²) in [6.07, 6.45) is 0.900. The van der Waals surface area contributed by atoms with Crippen LogP contribution in [-0.4, -0.2) is 0 Å². The maximum Gasteiger partial charge on any atom is 0.180 e. The second-order valence-electron chi connectivity index (χ2n) is 2.57. The van der Waals surface area contributed by atoms with Crippen molar-refractivity contribution in [1.29, 1.82) is 0 Å². The van der Waals surface area contributed by atoms with Crippen molar-refractivity contribution < 1.29 is 4.74 Å². The van der Waals surface area contributed by atoms with E-state index in [-0.39, 0.29) is 0 Å². The van der Waals surface area contributed by atoms with Crippen molar-refractivity contribution in [1.82, 2.24) is 0 Å². The number of ether oxygens (including phenoxy) is 1. The van der Waals surface area contributed by atoms with Crippen LogP contribution in [0.5, 0.6) is 5.75 Å². The lowest BCUT2D eigenvalue weighted by molar-refractivity contribution is 0.451. The van der Waals surface area contributed by atoms with Gasteiger partial charge in [-0.3, -0.25) is 0 Å². The summed E-state index contributed by atoms with van der Waals surface area (Å²) in [7, 11) is 0. The van der Waals surface area contributed by atoms with E-state index < -0.39 is 0 Å². The van der Waals surface area contributed by atoms with Crippen molar-refractivity contribution in [2.45, 2.75) is 6.42 Å². The van der Waals surface area contributed by atoms with Crippen molar-refractivity contribution in [2.24, 2.45) is 0 Å². The molecule has 0 fully saturated rings. The molecule has 0 spiro atoms. The lowest BCUT2D eigenvalue weighted by atomic mass is 10.1. The lowest BCUT2D eigenvalue weighted by Gasteiger charge is -2.16. The Hall–Kier alpha value is -0.280. The van der Waals surface area contributed by atoms with Crippen LogP contribution < -0.4 is 4.74 Å². The van der Waals surface area contributed by atoms with Crippen LogP contribution in [0.25, 0.3) is 0 Å². The normalized spacial score (nSPS) is 15.5. The van der Waals surface area contributed by atoms with Gasteiger partial charge >= 0.3 is 0 Å². The molecule has 12 heavy (non-hydrogen) atoms. The zero-order chi connectivity index (χ0) is 8.55. The minimum absolute atomic E-state index is 0.779. The number of hydrogen-bond donors (Lipinski definition) is 0. The third kappa shape index (κ3) is 1.43. The summed E-state index contributed by atoms with van der Waals surface area (Å²) in [5, 5.41) is 0. The van der Waals surface area contributed by atoms with Crippen LogP contribution >= 0.6 is 31.9 Å². The summed E-state index contributed by atoms with van der Waals surface area (Å²) in [5.41, 5.74) is 1.22. The first-order chi connectivity index (χ1) is 5.77. The predicted octanol–water partition coefficient (Wildman–Crippen LogP) is 3.58. The van der Waals surface area contributed by atoms with Gasteiger partial charge in [-0.25, -0.2) is 0 Å². The summed E-state index contributed by atoms with van der Waals surface area (Å²) >= 11 is 6.77. The molecule has 1 heterocycles. The Morgan fingerprint density at radius 2 is 1.92 bits per heavy atom. The molecule has 0 unspecified atom stereocenters. The Labute approximate surface area is 87.7 Å². The minimum Gasteiger partial charge on any atom is -0.449 e. The monoisotopic (exact) mass is 288 g/mol. The van der Waals surface area contributed by atoms with Gasteiger partial charge in [0.05, 0.1) is 0 Å². The summed E-state index contributed by atoms with van der Waals surface area (Å²) in [5.74, 6) is 0.938. The van der Waals surface area contributed by atoms with Crippen LogP contribution in [0.3, 0.4) is 0 Å². The first kappa shape index (κ1) is 8.32. The molecule has 0 aliphatic carbocycles. The molecule has 3 heteroatoms. The average molecular weight is 290 g/mol. The standard InChI is InChI=1S/C9H6Br2O/c10-7-5-6-3-1-2-4-8(6)12-9(7)11/h1-4H,5H2. The molecule has 1 aliphatic rings. The first-order valence-electron chi connectivity index (χ1n) is 3.57. The Balaban J connectivity index is 2.43. The highest BCUT2D eigenvalue weighted by Crippen LogP contribution is 2.34. The van der Waals surface area contributed by atoms with Crippen molar-refractivity contribution in [3.8, 4) is 5.75 Å². The number of halogens is 2. The van der Waals surface area contributed by atoms with Crippen LogP contribution in [0, 0.1) is 0 Å². The molecule has 1 aromatic rings. The van der Waals surface area contributed by atoms with Gasteiger partial charge in [0.1, 0.15) is 5.75 Å². The summed E-state index contributed by atoms with van der Waals surface area (Å²) < 4.78 is 7.33. The third-order valence-electron chi connectivity index (χ3n) is 1.73. The summed E-state index contributed by atoms with van der Waals surface area (Å²) in [6, 6.07) is 8.02. The molecular formula is C9H6Br2O. The zero-order valence-corrected chi connectivity index (χ0v) is 9.35. The Kier molecular flexibility index (Phi) is 2.24. The lowest BCUT2D eigenvalue weighted by Crippen LogP contribution is -2.02. The fraction of sp³-hybridized carbons (Fsp3) is 0.111. The van der Waals surface area contributed by atoms with Gasteiger partial charge in [-0.2, -0.15) is 0 Å². The zero-order valence-electron chi connectivity index (χ0n) is 6.18. The van der Waals surface area contributed by atoms with Gasteiger partial charge in [-0.05, 0) is 27.6 Å². The van der Waals surface area contributed by atoms with Crippen molar-refractivity contribution >= 4 is 31.9 Å². The maximum absolute atomic E-state index is 5.49. The van der Waals surface area contributed by atoms with E-state index in [0.717, 1.165) is 21.3 Å². The van der Waals surface area contributed by atoms with E-state index in [9.17, 15) is 0 Å². The first-order valence-corrected chi connectivity index (χ1v) is 5.16. The van der Waals surface area contributed by atoms with Gasteiger partial charge in [-0.15, -0.1) is 0 Å². The van der Waals surface area contributed by atoms with Gasteiger partial charge in [0.2, 0.25) is 0 Å². The van der Waals surface area contributed by atoms with Gasteiger partial charge in [-0.1, -0.05) is 34.1 Å². The second kappa shape index (κ2) is 3.23. The largest absolute Gasteiger partial charge is 0.449 e. The number of allylic oxidation sites excluding steroid dienone is 1. The van der Waals surface area contributed by atoms with Crippen molar-refractivity contribution in [3.05, 3.63) is 39.0 Å². The summed E-state index contributed by atoms with van der Waals surface area (Å²) in [4.78, 5) is 0. The highest BCUT2D eigenvalue weighted by Gasteiger charge is 2.14. The van der Waals surface area contributed by atoms with Crippen LogP contribution in [-0.2, 0) is 6.42 Å². The molecule has 1 aromatic carbocycles. The number of rotatable bonds is 0. The van der Waals surface area contributed by atoms with E-state index in [4.69, 9.17) is 4.74 Å². The SMILES string of the molecule is BrC1=C(Br)Oc2ccccc2C1. The fourth-order valence-electron chi connectivity index (χ4n) is 1.14. The smallest absolute Gasteiger partial charge is 0.180 e. The van der Waals surface area contributed by atoms with Gasteiger partial charge in [0, 0.05) is 10.9 Å². The summed E-state index contributed by atoms with van der Waals surface area (Å²) in [6.45, 7) is 0. The van der Waals surface area contributed by atoms with Crippen LogP contribution in [0.4, 0.5) is 0 Å². The van der Waals surface area contributed by atoms with E-state index in [1.54, 1.807) is 0 Å². The maximum atomic E-state index is 5.49. The Bertz CT molecular complexity index is 311. The number of fused-ring (bicyclic) bond motifs is 1. The molecule has 0 amide bonds. The predicted molar refractivity (Wildman–Crippen MR) is 55.7 cm³/mol. The van der Waals surface area contributed by atoms with E-state index in [0.29, 0.717) is 0 Å². The highest BCUT2D eigenvalue weighted by atomic mass is 79.9. The van der Waals surface area contributed by atoms with E-state index in [1.165, 1.54) is 5.56 Å². The van der Waals surface area contributed by atoms with Gasteiger partial charge in [0.25, 0.3) is 0 Å². The van der Waals surface area contributed by atoms with Crippen molar-refractivity contribution in [3.63, 3.8) is 0 Å². The number of hydrogen-bond acceptors (Lipinski definition) is 1. The van der Waals surface area contributed by atoms with E-state index in [2.05, 4.69) is 37.9 Å². The second-order valence-corrected chi connectivity index (χ2v) is 4.24. The molecule has 0 N–H and O–H groups in total. The molecule has 1 aliphatic heterocycles. The molecule has 0 saturated heterocycles. The molecular weight excluding hydrogens is 284 g/mol. The highest BCUT2D eigenvalue weighted by molar-refractivity contribution is 9.14. The van der Waals surface area contributed by atoms with Crippen LogP contribution in [0.1, 0.15) is 5.56 Å². The van der Waals surface area contributed by atoms with E-state index >= 15 is 0 Å². The molecule has 2 rings (SSSR count). The number of benzene rings is 1. The Morgan fingerprint density at radius 3 is 2.75 bits per heavy atom. The van der Waals surface area contributed by atoms with Gasteiger partial charge < -0.3 is 4.74 Å². The quantitative estimate of drug-likeness (QED) is 0.709. The van der Waals surface area contributed by atoms with Gasteiger partial charge in [0.15, 0.2) is 4.67 Å². The number of para-hydroxylation sites is 1. The molecule has 0 atom stereocenters. The fourth-order valence-corrected chi connectivity index (χ4v) is 1.84. The average Bonchev–Trinajstić information content (AvgIpc) is 2.07. The molecule has 1 nitrogen and oxygen atoms in total. The third-order valence-corrected chi connectivity index (χ3v) is 3.54. The molecule has 0 bridgehead atoms. The Morgan fingerprint density at radius 1 is 1.17 bits per heavy atom.